The van der Waals surface area contributed by atoms with Crippen molar-refractivity contribution in [2.75, 3.05) is 12.4 Å². The molecule has 0 saturated carbocycles. The minimum atomic E-state index is -0.493. The summed E-state index contributed by atoms with van der Waals surface area (Å²) < 4.78 is 33.6. The van der Waals surface area contributed by atoms with Gasteiger partial charge in [0.25, 0.3) is 11.8 Å². The number of thiophene rings is 1. The van der Waals surface area contributed by atoms with Crippen molar-refractivity contribution in [3.05, 3.63) is 99.9 Å². The number of benzene rings is 3. The molecular weight excluding hydrogens is 446 g/mol. The number of hydrogen-bond donors (Lipinski definition) is 2. The Balaban J connectivity index is 1.48. The van der Waals surface area contributed by atoms with Crippen molar-refractivity contribution in [2.24, 2.45) is 0 Å². The van der Waals surface area contributed by atoms with Crippen molar-refractivity contribution < 1.29 is 23.1 Å². The lowest BCUT2D eigenvalue weighted by molar-refractivity contribution is 0.0949. The van der Waals surface area contributed by atoms with E-state index in [2.05, 4.69) is 10.6 Å². The Morgan fingerprint density at radius 2 is 1.76 bits per heavy atom. The van der Waals surface area contributed by atoms with Crippen LogP contribution < -0.4 is 10.6 Å². The van der Waals surface area contributed by atoms with E-state index in [9.17, 15) is 18.4 Å². The number of amides is 2. The molecule has 2 N–H and O–H groups in total. The number of carbonyl (C=O) groups is 2. The van der Waals surface area contributed by atoms with E-state index in [0.29, 0.717) is 26.2 Å². The van der Waals surface area contributed by atoms with Crippen LogP contribution in [-0.4, -0.2) is 18.9 Å². The molecule has 4 aromatic rings. The van der Waals surface area contributed by atoms with Crippen LogP contribution in [0.1, 0.15) is 31.2 Å². The number of ether oxygens (including phenoxy) is 1. The van der Waals surface area contributed by atoms with Crippen molar-refractivity contribution in [2.45, 2.75) is 13.2 Å². The fourth-order valence-electron chi connectivity index (χ4n) is 3.49. The standard InChI is InChI=1S/C25H20F2N2O3S/c1-32-14-19-22-20(27)9-4-10-21(22)33-23(19)25(31)28-13-15-5-2-8-18(11-15)29-24(30)16-6-3-7-17(26)12-16/h2-12H,13-14H2,1H3,(H,28,31)(H,29,30). The van der Waals surface area contributed by atoms with Crippen molar-refractivity contribution in [3.63, 3.8) is 0 Å². The molecule has 0 aliphatic heterocycles. The molecule has 0 aliphatic carbocycles. The molecular formula is C25H20F2N2O3S. The van der Waals surface area contributed by atoms with Crippen LogP contribution in [0.3, 0.4) is 0 Å². The first kappa shape index (κ1) is 22.6. The Morgan fingerprint density at radius 3 is 2.55 bits per heavy atom. The Bertz CT molecular complexity index is 1340. The number of hydrogen-bond acceptors (Lipinski definition) is 4. The topological polar surface area (TPSA) is 67.4 Å². The highest BCUT2D eigenvalue weighted by molar-refractivity contribution is 7.21. The summed E-state index contributed by atoms with van der Waals surface area (Å²) in [5, 5.41) is 5.97. The first-order chi connectivity index (χ1) is 16.0. The van der Waals surface area contributed by atoms with Gasteiger partial charge in [0.1, 0.15) is 11.6 Å². The molecule has 3 aromatic carbocycles. The number of nitrogens with one attached hydrogen (secondary N) is 2. The smallest absolute Gasteiger partial charge is 0.262 e. The maximum atomic E-state index is 14.4. The summed E-state index contributed by atoms with van der Waals surface area (Å²) >= 11 is 1.21. The van der Waals surface area contributed by atoms with Gasteiger partial charge in [-0.1, -0.05) is 24.3 Å². The van der Waals surface area contributed by atoms with Gasteiger partial charge in [-0.05, 0) is 48.0 Å². The first-order valence-corrected chi connectivity index (χ1v) is 10.9. The van der Waals surface area contributed by atoms with Gasteiger partial charge < -0.3 is 15.4 Å². The maximum Gasteiger partial charge on any atom is 0.262 e. The quantitative estimate of drug-likeness (QED) is 0.378. The highest BCUT2D eigenvalue weighted by Crippen LogP contribution is 2.33. The lowest BCUT2D eigenvalue weighted by Gasteiger charge is -2.09. The highest BCUT2D eigenvalue weighted by Gasteiger charge is 2.20. The predicted octanol–water partition coefficient (Wildman–Crippen LogP) is 5.51. The third-order valence-electron chi connectivity index (χ3n) is 4.98. The average Bonchev–Trinajstić information content (AvgIpc) is 3.18. The molecule has 0 radical (unpaired) electrons. The molecule has 2 amide bonds. The normalized spacial score (nSPS) is 10.9. The second-order valence-electron chi connectivity index (χ2n) is 7.30. The second kappa shape index (κ2) is 9.89. The molecule has 0 spiro atoms. The third kappa shape index (κ3) is 5.08. The summed E-state index contributed by atoms with van der Waals surface area (Å²) in [5.74, 6) is -1.66. The van der Waals surface area contributed by atoms with E-state index in [4.69, 9.17) is 4.74 Å². The number of carbonyl (C=O) groups excluding carboxylic acids is 2. The Morgan fingerprint density at radius 1 is 0.970 bits per heavy atom. The maximum absolute atomic E-state index is 14.4. The first-order valence-electron chi connectivity index (χ1n) is 10.1. The molecule has 0 fully saturated rings. The second-order valence-corrected chi connectivity index (χ2v) is 8.36. The van der Waals surface area contributed by atoms with Crippen LogP contribution >= 0.6 is 11.3 Å². The molecule has 0 saturated heterocycles. The molecule has 1 heterocycles. The summed E-state index contributed by atoms with van der Waals surface area (Å²) in [6.45, 7) is 0.316. The zero-order valence-corrected chi connectivity index (χ0v) is 18.5. The van der Waals surface area contributed by atoms with Crippen molar-refractivity contribution in [3.8, 4) is 0 Å². The fraction of sp³-hybridized carbons (Fsp3) is 0.120. The summed E-state index contributed by atoms with van der Waals surface area (Å²) in [6, 6.07) is 17.1. The lowest BCUT2D eigenvalue weighted by atomic mass is 10.1. The summed E-state index contributed by atoms with van der Waals surface area (Å²) in [5.41, 5.74) is 1.99. The zero-order chi connectivity index (χ0) is 23.4. The monoisotopic (exact) mass is 466 g/mol. The number of halogens is 2. The minimum absolute atomic E-state index is 0.116. The minimum Gasteiger partial charge on any atom is -0.380 e. The molecule has 0 aliphatic rings. The Hall–Kier alpha value is -3.62. The highest BCUT2D eigenvalue weighted by atomic mass is 32.1. The fourth-order valence-corrected chi connectivity index (χ4v) is 4.63. The van der Waals surface area contributed by atoms with Crippen LogP contribution in [0.15, 0.2) is 66.7 Å². The van der Waals surface area contributed by atoms with E-state index in [1.165, 1.54) is 42.7 Å². The molecule has 33 heavy (non-hydrogen) atoms. The number of rotatable bonds is 7. The number of fused-ring (bicyclic) bond motifs is 1. The van der Waals surface area contributed by atoms with Gasteiger partial charge in [-0.2, -0.15) is 0 Å². The average molecular weight is 467 g/mol. The van der Waals surface area contributed by atoms with Crippen molar-refractivity contribution in [1.29, 1.82) is 0 Å². The van der Waals surface area contributed by atoms with E-state index in [1.54, 1.807) is 36.4 Å². The van der Waals surface area contributed by atoms with Gasteiger partial charge in [0.05, 0.1) is 11.5 Å². The molecule has 8 heteroatoms. The number of methoxy groups -OCH3 is 1. The van der Waals surface area contributed by atoms with E-state index in [0.717, 1.165) is 11.6 Å². The van der Waals surface area contributed by atoms with Crippen LogP contribution in [0.4, 0.5) is 14.5 Å². The summed E-state index contributed by atoms with van der Waals surface area (Å²) in [4.78, 5) is 25.6. The SMILES string of the molecule is COCc1c(C(=O)NCc2cccc(NC(=O)c3cccc(F)c3)c2)sc2cccc(F)c12. The zero-order valence-electron chi connectivity index (χ0n) is 17.7. The lowest BCUT2D eigenvalue weighted by Crippen LogP contribution is -2.23. The van der Waals surface area contributed by atoms with Gasteiger partial charge in [-0.25, -0.2) is 8.78 Å². The molecule has 4 rings (SSSR count). The van der Waals surface area contributed by atoms with Crippen LogP contribution in [0.2, 0.25) is 0 Å². The van der Waals surface area contributed by atoms with Gasteiger partial charge in [0.15, 0.2) is 0 Å². The molecule has 1 aromatic heterocycles. The molecule has 0 bridgehead atoms. The summed E-state index contributed by atoms with van der Waals surface area (Å²) in [7, 11) is 1.50. The molecule has 0 atom stereocenters. The number of anilines is 1. The van der Waals surface area contributed by atoms with Crippen LogP contribution in [0, 0.1) is 11.6 Å². The van der Waals surface area contributed by atoms with E-state index in [1.807, 2.05) is 0 Å². The van der Waals surface area contributed by atoms with Gasteiger partial charge in [0.2, 0.25) is 0 Å². The van der Waals surface area contributed by atoms with Crippen LogP contribution in [-0.2, 0) is 17.9 Å². The van der Waals surface area contributed by atoms with Crippen molar-refractivity contribution in [1.82, 2.24) is 5.32 Å². The van der Waals surface area contributed by atoms with E-state index < -0.39 is 17.5 Å². The van der Waals surface area contributed by atoms with Gasteiger partial charge in [0, 0.05) is 40.6 Å². The van der Waals surface area contributed by atoms with Crippen LogP contribution in [0.5, 0.6) is 0 Å². The van der Waals surface area contributed by atoms with Gasteiger partial charge >= 0.3 is 0 Å². The Kier molecular flexibility index (Phi) is 6.76. The Labute approximate surface area is 193 Å². The van der Waals surface area contributed by atoms with E-state index in [-0.39, 0.29) is 24.6 Å². The third-order valence-corrected chi connectivity index (χ3v) is 6.18. The summed E-state index contributed by atoms with van der Waals surface area (Å²) in [6.07, 6.45) is 0. The van der Waals surface area contributed by atoms with Gasteiger partial charge in [-0.15, -0.1) is 11.3 Å². The van der Waals surface area contributed by atoms with Crippen molar-refractivity contribution >= 4 is 38.9 Å². The largest absolute Gasteiger partial charge is 0.380 e. The molecule has 168 valence electrons. The predicted molar refractivity (Wildman–Crippen MR) is 124 cm³/mol. The molecule has 5 nitrogen and oxygen atoms in total. The van der Waals surface area contributed by atoms with Crippen LogP contribution in [0.25, 0.3) is 10.1 Å². The van der Waals surface area contributed by atoms with Gasteiger partial charge in [-0.3, -0.25) is 9.59 Å². The molecule has 0 unspecified atom stereocenters. The van der Waals surface area contributed by atoms with E-state index >= 15 is 0 Å².